The van der Waals surface area contributed by atoms with Crippen molar-refractivity contribution in [2.45, 2.75) is 19.9 Å². The molecule has 0 heterocycles. The molecule has 0 fully saturated rings. The summed E-state index contributed by atoms with van der Waals surface area (Å²) >= 11 is 0. The molecule has 14 heavy (non-hydrogen) atoms. The number of benzene rings is 1. The number of halogens is 1. The van der Waals surface area contributed by atoms with Gasteiger partial charge in [-0.3, -0.25) is 0 Å². The summed E-state index contributed by atoms with van der Waals surface area (Å²) in [6, 6.07) is 8.54. The van der Waals surface area contributed by atoms with Gasteiger partial charge in [0.1, 0.15) is 5.75 Å². The van der Waals surface area contributed by atoms with Gasteiger partial charge in [-0.2, -0.15) is 0 Å². The fourth-order valence-electron chi connectivity index (χ4n) is 1.33. The van der Waals surface area contributed by atoms with Crippen LogP contribution in [0.4, 0.5) is 0 Å². The Bertz CT molecular complexity index is 265. The van der Waals surface area contributed by atoms with Crippen LogP contribution in [0.25, 0.3) is 0 Å². The van der Waals surface area contributed by atoms with Crippen molar-refractivity contribution >= 4 is 12.4 Å². The maximum atomic E-state index is 5.16. The van der Waals surface area contributed by atoms with Crippen LogP contribution in [-0.2, 0) is 0 Å². The Kier molecular flexibility index (Phi) is 6.34. The molecule has 80 valence electrons. The molecule has 2 nitrogen and oxygen atoms in total. The van der Waals surface area contributed by atoms with E-state index in [0.29, 0.717) is 6.04 Å². The van der Waals surface area contributed by atoms with E-state index in [2.05, 4.69) is 31.3 Å². The van der Waals surface area contributed by atoms with Gasteiger partial charge < -0.3 is 10.1 Å². The molecular weight excluding hydrogens is 198 g/mol. The topological polar surface area (TPSA) is 21.3 Å². The van der Waals surface area contributed by atoms with Crippen LogP contribution >= 0.6 is 12.4 Å². The zero-order chi connectivity index (χ0) is 9.68. The summed E-state index contributed by atoms with van der Waals surface area (Å²) in [5, 5.41) is 3.36. The monoisotopic (exact) mass is 215 g/mol. The first kappa shape index (κ1) is 13.3. The third-order valence-electron chi connectivity index (χ3n) is 2.10. The van der Waals surface area contributed by atoms with Crippen LogP contribution in [-0.4, -0.2) is 13.7 Å². The number of nitrogens with one attached hydrogen (secondary N) is 1. The van der Waals surface area contributed by atoms with E-state index >= 15 is 0 Å². The summed E-state index contributed by atoms with van der Waals surface area (Å²) in [7, 11) is 1.69. The highest BCUT2D eigenvalue weighted by molar-refractivity contribution is 5.85. The zero-order valence-corrected chi connectivity index (χ0v) is 9.73. The molecule has 0 aliphatic carbocycles. The van der Waals surface area contributed by atoms with Crippen LogP contribution in [0, 0.1) is 0 Å². The lowest BCUT2D eigenvalue weighted by molar-refractivity contribution is 0.413. The van der Waals surface area contributed by atoms with Gasteiger partial charge >= 0.3 is 0 Å². The SMILES string of the molecule is CCNC(C)c1cccc(OC)c1.Cl. The maximum Gasteiger partial charge on any atom is 0.119 e. The van der Waals surface area contributed by atoms with Crippen LogP contribution in [0.3, 0.4) is 0 Å². The van der Waals surface area contributed by atoms with E-state index in [1.165, 1.54) is 5.56 Å². The molecular formula is C11H18ClNO. The highest BCUT2D eigenvalue weighted by atomic mass is 35.5. The molecule has 0 radical (unpaired) electrons. The summed E-state index contributed by atoms with van der Waals surface area (Å²) in [6.45, 7) is 5.24. The smallest absolute Gasteiger partial charge is 0.119 e. The Morgan fingerprint density at radius 1 is 1.43 bits per heavy atom. The van der Waals surface area contributed by atoms with Gasteiger partial charge in [-0.25, -0.2) is 0 Å². The maximum absolute atomic E-state index is 5.16. The minimum Gasteiger partial charge on any atom is -0.497 e. The van der Waals surface area contributed by atoms with Gasteiger partial charge in [-0.05, 0) is 31.2 Å². The molecule has 0 bridgehead atoms. The largest absolute Gasteiger partial charge is 0.497 e. The number of methoxy groups -OCH3 is 1. The summed E-state index contributed by atoms with van der Waals surface area (Å²) in [6.07, 6.45) is 0. The first-order chi connectivity index (χ1) is 6.27. The van der Waals surface area contributed by atoms with E-state index in [4.69, 9.17) is 4.74 Å². The second-order valence-electron chi connectivity index (χ2n) is 3.06. The second kappa shape index (κ2) is 6.68. The number of rotatable bonds is 4. The van der Waals surface area contributed by atoms with Gasteiger partial charge in [0.2, 0.25) is 0 Å². The average Bonchev–Trinajstić information content (AvgIpc) is 2.18. The minimum absolute atomic E-state index is 0. The lowest BCUT2D eigenvalue weighted by Crippen LogP contribution is -2.17. The second-order valence-corrected chi connectivity index (χ2v) is 3.06. The fourth-order valence-corrected chi connectivity index (χ4v) is 1.33. The predicted molar refractivity (Wildman–Crippen MR) is 62.3 cm³/mol. The number of hydrogen-bond acceptors (Lipinski definition) is 2. The molecule has 0 saturated carbocycles. The number of hydrogen-bond donors (Lipinski definition) is 1. The molecule has 1 aromatic rings. The van der Waals surface area contributed by atoms with Crippen LogP contribution < -0.4 is 10.1 Å². The summed E-state index contributed by atoms with van der Waals surface area (Å²) < 4.78 is 5.16. The van der Waals surface area contributed by atoms with Gasteiger partial charge in [-0.15, -0.1) is 12.4 Å². The minimum atomic E-state index is 0. The molecule has 0 aliphatic heterocycles. The van der Waals surface area contributed by atoms with Crippen molar-refractivity contribution in [3.63, 3.8) is 0 Å². The van der Waals surface area contributed by atoms with E-state index in [1.807, 2.05) is 12.1 Å². The van der Waals surface area contributed by atoms with E-state index in [1.54, 1.807) is 7.11 Å². The fraction of sp³-hybridized carbons (Fsp3) is 0.455. The van der Waals surface area contributed by atoms with Crippen molar-refractivity contribution < 1.29 is 4.74 Å². The van der Waals surface area contributed by atoms with Crippen LogP contribution in [0.1, 0.15) is 25.5 Å². The standard InChI is InChI=1S/C11H17NO.ClH/c1-4-12-9(2)10-6-5-7-11(8-10)13-3;/h5-9,12H,4H2,1-3H3;1H. The van der Waals surface area contributed by atoms with Gasteiger partial charge in [0.05, 0.1) is 7.11 Å². The average molecular weight is 216 g/mol. The molecule has 3 heteroatoms. The van der Waals surface area contributed by atoms with Crippen LogP contribution in [0.15, 0.2) is 24.3 Å². The van der Waals surface area contributed by atoms with Gasteiger partial charge in [0, 0.05) is 6.04 Å². The Hall–Kier alpha value is -0.730. The Balaban J connectivity index is 0.00000169. The highest BCUT2D eigenvalue weighted by Crippen LogP contribution is 2.18. The van der Waals surface area contributed by atoms with E-state index in [9.17, 15) is 0 Å². The third kappa shape index (κ3) is 3.56. The summed E-state index contributed by atoms with van der Waals surface area (Å²) in [5.74, 6) is 0.919. The van der Waals surface area contributed by atoms with Crippen LogP contribution in [0.5, 0.6) is 5.75 Å². The summed E-state index contributed by atoms with van der Waals surface area (Å²) in [4.78, 5) is 0. The molecule has 0 spiro atoms. The first-order valence-electron chi connectivity index (χ1n) is 4.65. The molecule has 0 aliphatic rings. The normalized spacial score (nSPS) is 11.6. The highest BCUT2D eigenvalue weighted by Gasteiger charge is 2.03. The Morgan fingerprint density at radius 2 is 2.14 bits per heavy atom. The van der Waals surface area contributed by atoms with Gasteiger partial charge in [0.15, 0.2) is 0 Å². The van der Waals surface area contributed by atoms with Crippen molar-refractivity contribution in [2.24, 2.45) is 0 Å². The van der Waals surface area contributed by atoms with Crippen LogP contribution in [0.2, 0.25) is 0 Å². The zero-order valence-electron chi connectivity index (χ0n) is 8.91. The van der Waals surface area contributed by atoms with Crippen molar-refractivity contribution in [3.8, 4) is 5.75 Å². The van der Waals surface area contributed by atoms with E-state index in [0.717, 1.165) is 12.3 Å². The molecule has 1 rings (SSSR count). The molecule has 0 amide bonds. The van der Waals surface area contributed by atoms with Gasteiger partial charge in [-0.1, -0.05) is 19.1 Å². The molecule has 0 saturated heterocycles. The molecule has 1 atom stereocenters. The quantitative estimate of drug-likeness (QED) is 0.834. The predicted octanol–water partition coefficient (Wildman–Crippen LogP) is 2.79. The Labute approximate surface area is 92.1 Å². The molecule has 1 aromatic carbocycles. The Morgan fingerprint density at radius 3 is 2.71 bits per heavy atom. The van der Waals surface area contributed by atoms with Crippen molar-refractivity contribution in [2.75, 3.05) is 13.7 Å². The van der Waals surface area contributed by atoms with E-state index in [-0.39, 0.29) is 12.4 Å². The summed E-state index contributed by atoms with van der Waals surface area (Å²) in [5.41, 5.74) is 1.27. The molecule has 1 unspecified atom stereocenters. The lowest BCUT2D eigenvalue weighted by atomic mass is 10.1. The lowest BCUT2D eigenvalue weighted by Gasteiger charge is -2.13. The van der Waals surface area contributed by atoms with E-state index < -0.39 is 0 Å². The van der Waals surface area contributed by atoms with Gasteiger partial charge in [0.25, 0.3) is 0 Å². The third-order valence-corrected chi connectivity index (χ3v) is 2.10. The van der Waals surface area contributed by atoms with Crippen molar-refractivity contribution in [3.05, 3.63) is 29.8 Å². The molecule has 1 N–H and O–H groups in total. The van der Waals surface area contributed by atoms with Crippen molar-refractivity contribution in [1.82, 2.24) is 5.32 Å². The molecule has 0 aromatic heterocycles. The van der Waals surface area contributed by atoms with Crippen molar-refractivity contribution in [1.29, 1.82) is 0 Å². The number of ether oxygens (including phenoxy) is 1. The first-order valence-corrected chi connectivity index (χ1v) is 4.65.